The molecule has 4 aromatic carbocycles. The Balaban J connectivity index is 1.03. The van der Waals surface area contributed by atoms with Gasteiger partial charge in [0.25, 0.3) is 5.91 Å². The summed E-state index contributed by atoms with van der Waals surface area (Å²) in [6, 6.07) is 45.7. The van der Waals surface area contributed by atoms with Crippen LogP contribution in [0.4, 0.5) is 22.7 Å². The molecule has 0 saturated carbocycles. The van der Waals surface area contributed by atoms with Gasteiger partial charge in [0.15, 0.2) is 0 Å². The van der Waals surface area contributed by atoms with Gasteiger partial charge in [-0.2, -0.15) is 5.26 Å². The van der Waals surface area contributed by atoms with Gasteiger partial charge in [-0.15, -0.1) is 45.3 Å². The summed E-state index contributed by atoms with van der Waals surface area (Å²) < 4.78 is 0. The van der Waals surface area contributed by atoms with Crippen molar-refractivity contribution in [1.29, 1.82) is 5.26 Å². The van der Waals surface area contributed by atoms with Crippen LogP contribution in [0.25, 0.3) is 45.8 Å². The van der Waals surface area contributed by atoms with Crippen molar-refractivity contribution in [3.63, 3.8) is 0 Å². The van der Waals surface area contributed by atoms with E-state index in [1.807, 2.05) is 36.5 Å². The summed E-state index contributed by atoms with van der Waals surface area (Å²) in [4.78, 5) is 48.9. The van der Waals surface area contributed by atoms with E-state index in [0.717, 1.165) is 47.7 Å². The minimum absolute atomic E-state index is 0.0126. The lowest BCUT2D eigenvalue weighted by atomic mass is 10.1. The summed E-state index contributed by atoms with van der Waals surface area (Å²) in [6.45, 7) is 7.64. The van der Waals surface area contributed by atoms with Gasteiger partial charge in [-0.05, 0) is 147 Å². The van der Waals surface area contributed by atoms with Crippen molar-refractivity contribution >= 4 is 92.0 Å². The molecular formula is C51H39N3O5S4. The summed E-state index contributed by atoms with van der Waals surface area (Å²) >= 11 is 6.78. The molecule has 0 fully saturated rings. The quantitative estimate of drug-likeness (QED) is 0.0873. The molecule has 0 spiro atoms. The van der Waals surface area contributed by atoms with Gasteiger partial charge >= 0.3 is 11.9 Å². The summed E-state index contributed by atoms with van der Waals surface area (Å²) in [5.74, 6) is -3.22. The van der Waals surface area contributed by atoms with Crippen LogP contribution in [0.2, 0.25) is 0 Å². The number of aryl methyl sites for hydroxylation is 4. The van der Waals surface area contributed by atoms with E-state index in [-0.39, 0.29) is 16.8 Å². The Bertz CT molecular complexity index is 3020. The number of nitrogens with zero attached hydrogens (tertiary/aromatic N) is 3. The van der Waals surface area contributed by atoms with Crippen LogP contribution in [-0.4, -0.2) is 34.6 Å². The number of thiophene rings is 4. The van der Waals surface area contributed by atoms with Crippen LogP contribution < -0.4 is 9.80 Å². The number of hydrogen-bond acceptors (Lipinski definition) is 9. The number of benzene rings is 4. The number of para-hydroxylation sites is 2. The summed E-state index contributed by atoms with van der Waals surface area (Å²) in [6.07, 6.45) is 1.50. The maximum Gasteiger partial charge on any atom is 0.335 e. The number of hydrogen-bond donors (Lipinski definition) is 2. The molecule has 8 aromatic rings. The highest BCUT2D eigenvalue weighted by molar-refractivity contribution is 7.29. The molecule has 0 unspecified atom stereocenters. The second-order valence-electron chi connectivity index (χ2n) is 14.9. The van der Waals surface area contributed by atoms with Crippen LogP contribution >= 0.6 is 45.3 Å². The smallest absolute Gasteiger partial charge is 0.335 e. The SMILES string of the molecule is Cc1cc(-c2sc(-c3sc(-c4sc(-c5ccc(N(c6ccccc6)c6ccccc6)cc5)cc4C)cc3C)cc2C)sc1/C=C(\C#N)C(=O)N(CC(=O)O)c1ccc(C(=O)O)cc1. The zero-order chi connectivity index (χ0) is 44.4. The van der Waals surface area contributed by atoms with Crippen LogP contribution in [0.15, 0.2) is 139 Å². The molecule has 0 saturated heterocycles. The number of aliphatic carboxylic acids is 1. The minimum Gasteiger partial charge on any atom is -0.480 e. The first-order chi connectivity index (χ1) is 30.4. The van der Waals surface area contributed by atoms with E-state index in [0.29, 0.717) is 4.88 Å². The Morgan fingerprint density at radius 1 is 0.571 bits per heavy atom. The van der Waals surface area contributed by atoms with Crippen LogP contribution in [0.5, 0.6) is 0 Å². The zero-order valence-electron chi connectivity index (χ0n) is 34.6. The standard InChI is InChI=1S/C51H39N3O5S4/c1-30-23-43(60-41(30)27-36(28-52)50(57)53(29-46(55)56)37-19-17-35(18-20-37)51(58)59)47-32(3)25-45(62-47)49-33(4)26-44(63-49)48-31(2)24-42(61-48)34-15-21-40(22-16-34)54(38-11-7-5-8-12-38)39-13-9-6-10-14-39/h5-27H,29H2,1-4H3,(H,55,56)(H,58,59)/b36-27+. The number of carboxylic acid groups (broad SMARTS) is 2. The molecule has 312 valence electrons. The Labute approximate surface area is 381 Å². The predicted octanol–water partition coefficient (Wildman–Crippen LogP) is 14.0. The average molecular weight is 902 g/mol. The monoisotopic (exact) mass is 901 g/mol. The average Bonchev–Trinajstić information content (AvgIpc) is 4.07. The van der Waals surface area contributed by atoms with Crippen molar-refractivity contribution in [2.24, 2.45) is 0 Å². The van der Waals surface area contributed by atoms with Crippen LogP contribution in [0.3, 0.4) is 0 Å². The molecule has 12 heteroatoms. The van der Waals surface area contributed by atoms with Crippen molar-refractivity contribution in [1.82, 2.24) is 0 Å². The molecule has 2 N–H and O–H groups in total. The number of carbonyl (C=O) groups excluding carboxylic acids is 1. The molecule has 1 amide bonds. The van der Waals surface area contributed by atoms with Crippen LogP contribution in [0.1, 0.15) is 37.5 Å². The molecule has 0 aliphatic heterocycles. The summed E-state index contributed by atoms with van der Waals surface area (Å²) in [7, 11) is 0. The van der Waals surface area contributed by atoms with E-state index in [4.69, 9.17) is 0 Å². The molecule has 0 aliphatic rings. The Hall–Kier alpha value is -6.88. The number of carbonyl (C=O) groups is 3. The number of anilines is 4. The minimum atomic E-state index is -1.28. The van der Waals surface area contributed by atoms with Gasteiger partial charge in [-0.3, -0.25) is 14.5 Å². The third-order valence-electron chi connectivity index (χ3n) is 10.4. The second-order valence-corrected chi connectivity index (χ2v) is 19.1. The molecule has 4 heterocycles. The third-order valence-corrected chi connectivity index (χ3v) is 15.9. The lowest BCUT2D eigenvalue weighted by Gasteiger charge is -2.25. The first-order valence-corrected chi connectivity index (χ1v) is 23.1. The first-order valence-electron chi connectivity index (χ1n) is 19.8. The molecule has 8 rings (SSSR count). The van der Waals surface area contributed by atoms with Gasteiger partial charge in [0.1, 0.15) is 18.2 Å². The predicted molar refractivity (Wildman–Crippen MR) is 260 cm³/mol. The lowest BCUT2D eigenvalue weighted by molar-refractivity contribution is -0.136. The summed E-state index contributed by atoms with van der Waals surface area (Å²) in [5.41, 5.74) is 8.80. The van der Waals surface area contributed by atoms with Crippen LogP contribution in [0, 0.1) is 39.0 Å². The Kier molecular flexibility index (Phi) is 12.4. The summed E-state index contributed by atoms with van der Waals surface area (Å²) in [5, 5.41) is 29.0. The van der Waals surface area contributed by atoms with Crippen molar-refractivity contribution in [2.75, 3.05) is 16.3 Å². The van der Waals surface area contributed by atoms with Crippen molar-refractivity contribution in [3.05, 3.63) is 172 Å². The molecule has 0 atom stereocenters. The first kappa shape index (κ1) is 42.8. The van der Waals surface area contributed by atoms with Crippen LogP contribution in [-0.2, 0) is 9.59 Å². The lowest BCUT2D eigenvalue weighted by Crippen LogP contribution is -2.36. The van der Waals surface area contributed by atoms with Gasteiger partial charge < -0.3 is 15.1 Å². The number of rotatable bonds is 13. The van der Waals surface area contributed by atoms with E-state index in [1.165, 1.54) is 77.9 Å². The molecular weight excluding hydrogens is 863 g/mol. The molecule has 4 aromatic heterocycles. The van der Waals surface area contributed by atoms with Gasteiger partial charge in [0, 0.05) is 61.8 Å². The highest BCUT2D eigenvalue weighted by Gasteiger charge is 2.25. The zero-order valence-corrected chi connectivity index (χ0v) is 37.8. The van der Waals surface area contributed by atoms with Gasteiger partial charge in [0.05, 0.1) is 5.56 Å². The van der Waals surface area contributed by atoms with Crippen molar-refractivity contribution < 1.29 is 24.6 Å². The Morgan fingerprint density at radius 3 is 1.51 bits per heavy atom. The fraction of sp³-hybridized carbons (Fsp3) is 0.0980. The molecule has 0 bridgehead atoms. The number of amides is 1. The molecule has 63 heavy (non-hydrogen) atoms. The maximum atomic E-state index is 13.7. The van der Waals surface area contributed by atoms with E-state index in [9.17, 15) is 29.9 Å². The van der Waals surface area contributed by atoms with E-state index in [1.54, 1.807) is 22.7 Å². The van der Waals surface area contributed by atoms with Crippen molar-refractivity contribution in [2.45, 2.75) is 27.7 Å². The Morgan fingerprint density at radius 2 is 1.02 bits per heavy atom. The van der Waals surface area contributed by atoms with E-state index < -0.39 is 24.4 Å². The maximum absolute atomic E-state index is 13.7. The second kappa shape index (κ2) is 18.2. The van der Waals surface area contributed by atoms with E-state index >= 15 is 0 Å². The van der Waals surface area contributed by atoms with E-state index in [2.05, 4.69) is 123 Å². The molecule has 0 radical (unpaired) electrons. The third kappa shape index (κ3) is 9.05. The van der Waals surface area contributed by atoms with Gasteiger partial charge in [-0.1, -0.05) is 48.5 Å². The fourth-order valence-electron chi connectivity index (χ4n) is 7.29. The number of carboxylic acids is 2. The number of aromatic carboxylic acids is 1. The number of nitriles is 1. The topological polar surface area (TPSA) is 122 Å². The molecule has 8 nitrogen and oxygen atoms in total. The largest absolute Gasteiger partial charge is 0.480 e. The fourth-order valence-corrected chi connectivity index (χ4v) is 12.4. The highest BCUT2D eigenvalue weighted by Crippen LogP contribution is 2.49. The normalized spacial score (nSPS) is 11.3. The highest BCUT2D eigenvalue weighted by atomic mass is 32.1. The van der Waals surface area contributed by atoms with Gasteiger partial charge in [0.2, 0.25) is 0 Å². The molecule has 0 aliphatic carbocycles. The van der Waals surface area contributed by atoms with Gasteiger partial charge in [-0.25, -0.2) is 4.79 Å². The van der Waals surface area contributed by atoms with Crippen molar-refractivity contribution in [3.8, 4) is 45.8 Å².